The van der Waals surface area contributed by atoms with Gasteiger partial charge in [0.15, 0.2) is 16.6 Å². The van der Waals surface area contributed by atoms with E-state index in [-0.39, 0.29) is 12.1 Å². The number of carbonyl (C=O) groups is 1. The first-order chi connectivity index (χ1) is 12.7. The van der Waals surface area contributed by atoms with Crippen LogP contribution in [0.15, 0.2) is 29.8 Å². The third kappa shape index (κ3) is 4.57. The van der Waals surface area contributed by atoms with E-state index < -0.39 is 0 Å². The molecule has 8 heteroatoms. The van der Waals surface area contributed by atoms with E-state index >= 15 is 0 Å². The number of urea groups is 1. The lowest BCUT2D eigenvalue weighted by Gasteiger charge is -2.32. The van der Waals surface area contributed by atoms with Crippen LogP contribution < -0.4 is 25.0 Å². The van der Waals surface area contributed by atoms with Gasteiger partial charge in [0.05, 0.1) is 14.2 Å². The number of anilines is 1. The second kappa shape index (κ2) is 8.75. The number of methoxy groups -OCH3 is 2. The van der Waals surface area contributed by atoms with Crippen LogP contribution in [0.2, 0.25) is 0 Å². The van der Waals surface area contributed by atoms with Crippen LogP contribution in [0.5, 0.6) is 11.5 Å². The van der Waals surface area contributed by atoms with Crippen LogP contribution in [0.4, 0.5) is 9.93 Å². The Bertz CT molecular complexity index is 715. The van der Waals surface area contributed by atoms with Gasteiger partial charge in [0.1, 0.15) is 0 Å². The molecule has 0 saturated carbocycles. The van der Waals surface area contributed by atoms with Crippen molar-refractivity contribution in [1.29, 1.82) is 0 Å². The number of thiazole rings is 1. The highest BCUT2D eigenvalue weighted by Crippen LogP contribution is 2.27. The zero-order valence-electron chi connectivity index (χ0n) is 15.0. The van der Waals surface area contributed by atoms with Crippen LogP contribution in [0.3, 0.4) is 0 Å². The van der Waals surface area contributed by atoms with Crippen LogP contribution >= 0.6 is 11.3 Å². The average molecular weight is 376 g/mol. The highest BCUT2D eigenvalue weighted by molar-refractivity contribution is 7.13. The van der Waals surface area contributed by atoms with E-state index in [1.807, 2.05) is 29.8 Å². The van der Waals surface area contributed by atoms with Crippen molar-refractivity contribution in [2.24, 2.45) is 0 Å². The molecular formula is C18H24N4O3S. The van der Waals surface area contributed by atoms with E-state index in [0.29, 0.717) is 18.0 Å². The number of aromatic nitrogens is 1. The normalized spacial score (nSPS) is 14.8. The maximum atomic E-state index is 12.2. The minimum absolute atomic E-state index is 0.146. The standard InChI is InChI=1S/C18H24N4O3S/c1-24-15-4-3-13(11-16(15)25-2)12-20-17(23)21-14-5-8-22(9-6-14)18-19-7-10-26-18/h3-4,7,10-11,14H,5-6,8-9,12H2,1-2H3,(H2,20,21,23). The number of piperidine rings is 1. The third-order valence-corrected chi connectivity index (χ3v) is 5.25. The van der Waals surface area contributed by atoms with E-state index in [0.717, 1.165) is 36.6 Å². The van der Waals surface area contributed by atoms with E-state index in [4.69, 9.17) is 9.47 Å². The summed E-state index contributed by atoms with van der Waals surface area (Å²) in [7, 11) is 3.20. The van der Waals surface area contributed by atoms with Crippen molar-refractivity contribution in [3.63, 3.8) is 0 Å². The van der Waals surface area contributed by atoms with Crippen LogP contribution in [-0.2, 0) is 6.54 Å². The van der Waals surface area contributed by atoms with Crippen LogP contribution in [-0.4, -0.2) is 44.4 Å². The van der Waals surface area contributed by atoms with E-state index in [1.54, 1.807) is 25.6 Å². The van der Waals surface area contributed by atoms with Crippen molar-refractivity contribution >= 4 is 22.5 Å². The number of benzene rings is 1. The zero-order valence-corrected chi connectivity index (χ0v) is 15.8. The van der Waals surface area contributed by atoms with Crippen molar-refractivity contribution in [2.75, 3.05) is 32.2 Å². The van der Waals surface area contributed by atoms with Gasteiger partial charge in [0.25, 0.3) is 0 Å². The molecule has 2 N–H and O–H groups in total. The minimum atomic E-state index is -0.146. The summed E-state index contributed by atoms with van der Waals surface area (Å²) in [4.78, 5) is 18.8. The van der Waals surface area contributed by atoms with Gasteiger partial charge in [-0.3, -0.25) is 0 Å². The summed E-state index contributed by atoms with van der Waals surface area (Å²) < 4.78 is 10.5. The first-order valence-electron chi connectivity index (χ1n) is 8.59. The van der Waals surface area contributed by atoms with Crippen molar-refractivity contribution in [3.05, 3.63) is 35.3 Å². The van der Waals surface area contributed by atoms with Gasteiger partial charge in [-0.2, -0.15) is 0 Å². The van der Waals surface area contributed by atoms with Crippen molar-refractivity contribution in [1.82, 2.24) is 15.6 Å². The van der Waals surface area contributed by atoms with Crippen LogP contribution in [0.1, 0.15) is 18.4 Å². The Kier molecular flexibility index (Phi) is 6.17. The molecule has 1 aromatic carbocycles. The van der Waals surface area contributed by atoms with Gasteiger partial charge in [0.2, 0.25) is 0 Å². The molecule has 0 radical (unpaired) electrons. The Labute approximate surface area is 157 Å². The zero-order chi connectivity index (χ0) is 18.4. The monoisotopic (exact) mass is 376 g/mol. The van der Waals surface area contributed by atoms with Gasteiger partial charge in [0, 0.05) is 37.3 Å². The Morgan fingerprint density at radius 2 is 2.04 bits per heavy atom. The molecule has 1 saturated heterocycles. The van der Waals surface area contributed by atoms with Gasteiger partial charge in [-0.1, -0.05) is 6.07 Å². The maximum Gasteiger partial charge on any atom is 0.315 e. The van der Waals surface area contributed by atoms with Gasteiger partial charge in [-0.15, -0.1) is 11.3 Å². The number of nitrogens with one attached hydrogen (secondary N) is 2. The van der Waals surface area contributed by atoms with Crippen LogP contribution in [0.25, 0.3) is 0 Å². The Morgan fingerprint density at radius 1 is 1.27 bits per heavy atom. The number of rotatable bonds is 6. The Morgan fingerprint density at radius 3 is 2.69 bits per heavy atom. The molecule has 2 heterocycles. The second-order valence-electron chi connectivity index (χ2n) is 6.09. The summed E-state index contributed by atoms with van der Waals surface area (Å²) in [5, 5.41) is 9.00. The van der Waals surface area contributed by atoms with Crippen LogP contribution in [0, 0.1) is 0 Å². The Balaban J connectivity index is 1.43. The van der Waals surface area contributed by atoms with Gasteiger partial charge < -0.3 is 25.0 Å². The molecule has 1 aliphatic heterocycles. The summed E-state index contributed by atoms with van der Waals surface area (Å²) >= 11 is 1.65. The number of ether oxygens (including phenoxy) is 2. The topological polar surface area (TPSA) is 75.7 Å². The molecule has 3 rings (SSSR count). The minimum Gasteiger partial charge on any atom is -0.493 e. The Hall–Kier alpha value is -2.48. The summed E-state index contributed by atoms with van der Waals surface area (Å²) in [6.45, 7) is 2.26. The maximum absolute atomic E-state index is 12.2. The lowest BCUT2D eigenvalue weighted by atomic mass is 10.1. The van der Waals surface area contributed by atoms with Gasteiger partial charge in [-0.05, 0) is 30.5 Å². The first-order valence-corrected chi connectivity index (χ1v) is 9.47. The van der Waals surface area contributed by atoms with E-state index in [1.165, 1.54) is 0 Å². The number of hydrogen-bond acceptors (Lipinski definition) is 6. The quantitative estimate of drug-likeness (QED) is 0.811. The molecular weight excluding hydrogens is 352 g/mol. The molecule has 0 bridgehead atoms. The molecule has 0 aliphatic carbocycles. The fourth-order valence-electron chi connectivity index (χ4n) is 3.00. The lowest BCUT2D eigenvalue weighted by molar-refractivity contribution is 0.234. The molecule has 140 valence electrons. The molecule has 2 amide bonds. The highest BCUT2D eigenvalue weighted by atomic mass is 32.1. The summed E-state index contributed by atoms with van der Waals surface area (Å²) in [6, 6.07) is 5.66. The predicted octanol–water partition coefficient (Wildman–Crippen LogP) is 2.63. The fourth-order valence-corrected chi connectivity index (χ4v) is 3.69. The summed E-state index contributed by atoms with van der Waals surface area (Å²) in [5.74, 6) is 1.33. The molecule has 0 spiro atoms. The van der Waals surface area contributed by atoms with E-state index in [9.17, 15) is 4.79 Å². The molecule has 7 nitrogen and oxygen atoms in total. The molecule has 1 aliphatic rings. The predicted molar refractivity (Wildman–Crippen MR) is 102 cm³/mol. The fraction of sp³-hybridized carbons (Fsp3) is 0.444. The molecule has 0 unspecified atom stereocenters. The van der Waals surface area contributed by atoms with Crippen molar-refractivity contribution in [2.45, 2.75) is 25.4 Å². The number of carbonyl (C=O) groups excluding carboxylic acids is 1. The lowest BCUT2D eigenvalue weighted by Crippen LogP contribution is -2.47. The van der Waals surface area contributed by atoms with Gasteiger partial charge in [-0.25, -0.2) is 9.78 Å². The average Bonchev–Trinajstić information content (AvgIpc) is 3.21. The van der Waals surface area contributed by atoms with Crippen molar-refractivity contribution in [3.8, 4) is 11.5 Å². The smallest absolute Gasteiger partial charge is 0.315 e. The molecule has 2 aromatic rings. The molecule has 0 atom stereocenters. The molecule has 26 heavy (non-hydrogen) atoms. The third-order valence-electron chi connectivity index (χ3n) is 4.42. The molecule has 1 aromatic heterocycles. The summed E-state index contributed by atoms with van der Waals surface area (Å²) in [6.07, 6.45) is 3.67. The number of hydrogen-bond donors (Lipinski definition) is 2. The van der Waals surface area contributed by atoms with Gasteiger partial charge >= 0.3 is 6.03 Å². The SMILES string of the molecule is COc1ccc(CNC(=O)NC2CCN(c3nccs3)CC2)cc1OC. The second-order valence-corrected chi connectivity index (χ2v) is 6.97. The van der Waals surface area contributed by atoms with E-state index in [2.05, 4.69) is 20.5 Å². The highest BCUT2D eigenvalue weighted by Gasteiger charge is 2.21. The largest absolute Gasteiger partial charge is 0.493 e. The summed E-state index contributed by atoms with van der Waals surface area (Å²) in [5.41, 5.74) is 0.955. The number of amides is 2. The first kappa shape index (κ1) is 18.3. The molecule has 1 fully saturated rings. The number of nitrogens with zero attached hydrogens (tertiary/aromatic N) is 2. The van der Waals surface area contributed by atoms with Crippen molar-refractivity contribution < 1.29 is 14.3 Å².